The Kier molecular flexibility index (Phi) is 7.18. The zero-order valence-electron chi connectivity index (χ0n) is 28.4. The molecule has 1 aromatic heterocycles. The summed E-state index contributed by atoms with van der Waals surface area (Å²) < 4.78 is 6.62. The lowest BCUT2D eigenvalue weighted by atomic mass is 9.96. The van der Waals surface area contributed by atoms with E-state index in [9.17, 15) is 0 Å². The van der Waals surface area contributed by atoms with Crippen molar-refractivity contribution in [2.75, 3.05) is 4.90 Å². The summed E-state index contributed by atoms with van der Waals surface area (Å²) in [4.78, 5) is 2.36. The second-order valence-electron chi connectivity index (χ2n) is 13.3. The number of hydrogen-bond donors (Lipinski definition) is 0. The van der Waals surface area contributed by atoms with Gasteiger partial charge in [0.05, 0.1) is 11.1 Å². The highest BCUT2D eigenvalue weighted by molar-refractivity contribution is 6.19. The van der Waals surface area contributed by atoms with Crippen molar-refractivity contribution in [2.24, 2.45) is 0 Å². The molecule has 0 unspecified atom stereocenters. The SMILES string of the molecule is c1ccc(-c2ccc(N(c3ccc(-c4ccc(-c5cccc6ccccc56)cc4)cc3)c3cccc4oc5c6ccccc6ccc5c34)cc2)cc1. The summed E-state index contributed by atoms with van der Waals surface area (Å²) in [7, 11) is 0. The van der Waals surface area contributed by atoms with Crippen molar-refractivity contribution in [1.82, 2.24) is 0 Å². The topological polar surface area (TPSA) is 16.4 Å². The van der Waals surface area contributed by atoms with Crippen molar-refractivity contribution >= 4 is 60.5 Å². The van der Waals surface area contributed by atoms with Gasteiger partial charge < -0.3 is 9.32 Å². The van der Waals surface area contributed by atoms with E-state index in [4.69, 9.17) is 4.42 Å². The Bertz CT molecular complexity index is 2860. The van der Waals surface area contributed by atoms with Crippen molar-refractivity contribution in [3.05, 3.63) is 200 Å². The molecule has 244 valence electrons. The van der Waals surface area contributed by atoms with Crippen molar-refractivity contribution in [2.45, 2.75) is 0 Å². The van der Waals surface area contributed by atoms with Gasteiger partial charge in [-0.05, 0) is 92.0 Å². The average molecular weight is 664 g/mol. The lowest BCUT2D eigenvalue weighted by Crippen LogP contribution is -2.10. The third-order valence-corrected chi connectivity index (χ3v) is 10.3. The maximum Gasteiger partial charge on any atom is 0.143 e. The molecule has 10 rings (SSSR count). The summed E-state index contributed by atoms with van der Waals surface area (Å²) >= 11 is 0. The number of benzene rings is 9. The molecule has 0 aliphatic carbocycles. The second kappa shape index (κ2) is 12.5. The molecule has 0 atom stereocenters. The Hall–Kier alpha value is -6.90. The van der Waals surface area contributed by atoms with Crippen molar-refractivity contribution in [3.63, 3.8) is 0 Å². The first-order valence-electron chi connectivity index (χ1n) is 17.8. The smallest absolute Gasteiger partial charge is 0.143 e. The minimum Gasteiger partial charge on any atom is -0.455 e. The minimum atomic E-state index is 0.873. The predicted octanol–water partition coefficient (Wildman–Crippen LogP) is 14.4. The lowest BCUT2D eigenvalue weighted by molar-refractivity contribution is 0.672. The third-order valence-electron chi connectivity index (χ3n) is 10.3. The molecule has 0 amide bonds. The highest BCUT2D eigenvalue weighted by atomic mass is 16.3. The van der Waals surface area contributed by atoms with Crippen LogP contribution in [0, 0.1) is 0 Å². The molecule has 52 heavy (non-hydrogen) atoms. The van der Waals surface area contributed by atoms with Gasteiger partial charge in [-0.25, -0.2) is 0 Å². The summed E-state index contributed by atoms with van der Waals surface area (Å²) in [5, 5.41) is 7.03. The quantitative estimate of drug-likeness (QED) is 0.176. The molecule has 9 aromatic carbocycles. The van der Waals surface area contributed by atoms with Gasteiger partial charge in [0.25, 0.3) is 0 Å². The highest BCUT2D eigenvalue weighted by Gasteiger charge is 2.20. The number of nitrogens with zero attached hydrogens (tertiary/aromatic N) is 1. The molecule has 1 heterocycles. The molecule has 0 spiro atoms. The summed E-state index contributed by atoms with van der Waals surface area (Å²) in [6, 6.07) is 71.6. The summed E-state index contributed by atoms with van der Waals surface area (Å²) in [5.74, 6) is 0. The zero-order valence-corrected chi connectivity index (χ0v) is 28.4. The molecule has 10 aromatic rings. The Labute approximate surface area is 302 Å². The van der Waals surface area contributed by atoms with Gasteiger partial charge in [0.1, 0.15) is 11.2 Å². The molecule has 0 aliphatic heterocycles. The first kappa shape index (κ1) is 30.0. The molecule has 0 radical (unpaired) electrons. The molecule has 0 bridgehead atoms. The summed E-state index contributed by atoms with van der Waals surface area (Å²) in [5.41, 5.74) is 12.2. The molecule has 0 fully saturated rings. The highest BCUT2D eigenvalue weighted by Crippen LogP contribution is 2.45. The number of furan rings is 1. The molecule has 0 saturated heterocycles. The van der Waals surface area contributed by atoms with Gasteiger partial charge in [-0.2, -0.15) is 0 Å². The summed E-state index contributed by atoms with van der Waals surface area (Å²) in [6.07, 6.45) is 0. The fourth-order valence-corrected chi connectivity index (χ4v) is 7.70. The van der Waals surface area contributed by atoms with Crippen LogP contribution < -0.4 is 4.90 Å². The minimum absolute atomic E-state index is 0.873. The number of rotatable bonds is 6. The molecule has 0 N–H and O–H groups in total. The maximum absolute atomic E-state index is 6.62. The van der Waals surface area contributed by atoms with E-state index in [1.54, 1.807) is 0 Å². The molecule has 2 nitrogen and oxygen atoms in total. The van der Waals surface area contributed by atoms with Crippen LogP contribution in [-0.4, -0.2) is 0 Å². The first-order chi connectivity index (χ1) is 25.8. The number of hydrogen-bond acceptors (Lipinski definition) is 2. The lowest BCUT2D eigenvalue weighted by Gasteiger charge is -2.26. The van der Waals surface area contributed by atoms with Gasteiger partial charge >= 0.3 is 0 Å². The van der Waals surface area contributed by atoms with Crippen LogP contribution >= 0.6 is 0 Å². The number of anilines is 3. The standard InChI is InChI=1S/C50H33NO/c1-2-10-34(11-3-1)36-24-29-41(30-25-36)51(47-18-9-19-48-49(47)46-33-28-39-13-5-7-16-45(39)50(46)52-48)42-31-26-37(27-32-42)35-20-22-40(23-21-35)44-17-8-14-38-12-4-6-15-43(38)44/h1-33H. The molecular formula is C50H33NO. The van der Waals surface area contributed by atoms with Gasteiger partial charge in [-0.3, -0.25) is 0 Å². The van der Waals surface area contributed by atoms with Crippen LogP contribution in [0.1, 0.15) is 0 Å². The van der Waals surface area contributed by atoms with Gasteiger partial charge in [0, 0.05) is 22.1 Å². The number of fused-ring (bicyclic) bond motifs is 6. The van der Waals surface area contributed by atoms with E-state index in [0.717, 1.165) is 44.4 Å². The van der Waals surface area contributed by atoms with Gasteiger partial charge in [-0.15, -0.1) is 0 Å². The first-order valence-corrected chi connectivity index (χ1v) is 17.8. The fraction of sp³-hybridized carbons (Fsp3) is 0. The van der Waals surface area contributed by atoms with Crippen molar-refractivity contribution in [1.29, 1.82) is 0 Å². The van der Waals surface area contributed by atoms with Gasteiger partial charge in [-0.1, -0.05) is 158 Å². The van der Waals surface area contributed by atoms with E-state index in [0.29, 0.717) is 0 Å². The normalized spacial score (nSPS) is 11.5. The van der Waals surface area contributed by atoms with Crippen LogP contribution in [0.5, 0.6) is 0 Å². The van der Waals surface area contributed by atoms with Crippen LogP contribution in [-0.2, 0) is 0 Å². The van der Waals surface area contributed by atoms with Gasteiger partial charge in [0.2, 0.25) is 0 Å². The molecule has 2 heteroatoms. The van der Waals surface area contributed by atoms with E-state index < -0.39 is 0 Å². The monoisotopic (exact) mass is 663 g/mol. The Morgan fingerprint density at radius 1 is 0.327 bits per heavy atom. The summed E-state index contributed by atoms with van der Waals surface area (Å²) in [6.45, 7) is 0. The van der Waals surface area contributed by atoms with Crippen LogP contribution in [0.4, 0.5) is 17.1 Å². The van der Waals surface area contributed by atoms with E-state index in [2.05, 4.69) is 205 Å². The van der Waals surface area contributed by atoms with Crippen molar-refractivity contribution < 1.29 is 4.42 Å². The van der Waals surface area contributed by atoms with E-state index in [-0.39, 0.29) is 0 Å². The van der Waals surface area contributed by atoms with Crippen LogP contribution in [0.25, 0.3) is 76.9 Å². The predicted molar refractivity (Wildman–Crippen MR) is 220 cm³/mol. The Morgan fingerprint density at radius 3 is 1.54 bits per heavy atom. The van der Waals surface area contributed by atoms with Crippen LogP contribution in [0.3, 0.4) is 0 Å². The van der Waals surface area contributed by atoms with E-state index >= 15 is 0 Å². The molecule has 0 saturated carbocycles. The third kappa shape index (κ3) is 5.12. The van der Waals surface area contributed by atoms with Crippen molar-refractivity contribution in [3.8, 4) is 33.4 Å². The fourth-order valence-electron chi connectivity index (χ4n) is 7.70. The van der Waals surface area contributed by atoms with E-state index in [1.807, 2.05) is 0 Å². The zero-order chi connectivity index (χ0) is 34.4. The molecule has 0 aliphatic rings. The second-order valence-corrected chi connectivity index (χ2v) is 13.3. The average Bonchev–Trinajstić information content (AvgIpc) is 3.62. The Morgan fingerprint density at radius 2 is 0.846 bits per heavy atom. The molecular weight excluding hydrogens is 631 g/mol. The van der Waals surface area contributed by atoms with Gasteiger partial charge in [0.15, 0.2) is 0 Å². The maximum atomic E-state index is 6.62. The Balaban J connectivity index is 1.08. The van der Waals surface area contributed by atoms with E-state index in [1.165, 1.54) is 49.5 Å². The largest absolute Gasteiger partial charge is 0.455 e. The van der Waals surface area contributed by atoms with Crippen LogP contribution in [0.2, 0.25) is 0 Å². The van der Waals surface area contributed by atoms with Crippen LogP contribution in [0.15, 0.2) is 205 Å².